The molecule has 0 amide bonds. The lowest BCUT2D eigenvalue weighted by Gasteiger charge is -2.44. The molecule has 0 saturated heterocycles. The van der Waals surface area contributed by atoms with Crippen molar-refractivity contribution in [2.45, 2.75) is 13.8 Å². The first-order valence-electron chi connectivity index (χ1n) is 14.7. The molecule has 0 unspecified atom stereocenters. The smallest absolute Gasteiger partial charge is 0.329 e. The van der Waals surface area contributed by atoms with Crippen molar-refractivity contribution < 1.29 is 0 Å². The number of benzene rings is 6. The van der Waals surface area contributed by atoms with E-state index in [0.29, 0.717) is 0 Å². The fraction of sp³-hybridized carbons (Fsp3) is 0.0769. The quantitative estimate of drug-likeness (QED) is 0.208. The van der Waals surface area contributed by atoms with Gasteiger partial charge in [0.25, 0.3) is 0 Å². The van der Waals surface area contributed by atoms with Crippen LogP contribution in [-0.2, 0) is 0 Å². The molecule has 3 heteroatoms. The van der Waals surface area contributed by atoms with E-state index in [9.17, 15) is 0 Å². The third kappa shape index (κ3) is 3.53. The van der Waals surface area contributed by atoms with Gasteiger partial charge in [-0.1, -0.05) is 109 Å². The second-order valence-electron chi connectivity index (χ2n) is 11.5. The lowest BCUT2D eigenvalue weighted by molar-refractivity contribution is 1.20. The van der Waals surface area contributed by atoms with Crippen molar-refractivity contribution in [1.29, 1.82) is 0 Å². The van der Waals surface area contributed by atoms with Gasteiger partial charge in [0, 0.05) is 40.8 Å². The zero-order chi connectivity index (χ0) is 28.4. The maximum atomic E-state index is 2.58. The van der Waals surface area contributed by atoms with Crippen LogP contribution >= 0.6 is 0 Å². The summed E-state index contributed by atoms with van der Waals surface area (Å²) in [6.45, 7) is 4.57. The van der Waals surface area contributed by atoms with Gasteiger partial charge in [-0.15, -0.1) is 0 Å². The van der Waals surface area contributed by atoms with Gasteiger partial charge in [0.1, 0.15) is 0 Å². The molecule has 200 valence electrons. The summed E-state index contributed by atoms with van der Waals surface area (Å²) in [4.78, 5) is 4.97. The highest BCUT2D eigenvalue weighted by molar-refractivity contribution is 6.92. The number of hydrogen-bond acceptors (Lipinski definition) is 2. The van der Waals surface area contributed by atoms with Crippen molar-refractivity contribution in [1.82, 2.24) is 0 Å². The first-order valence-corrected chi connectivity index (χ1v) is 14.7. The Morgan fingerprint density at radius 1 is 0.452 bits per heavy atom. The maximum Gasteiger partial charge on any atom is 0.329 e. The van der Waals surface area contributed by atoms with Gasteiger partial charge in [0.15, 0.2) is 0 Å². The Balaban J connectivity index is 1.40. The predicted molar refractivity (Wildman–Crippen MR) is 180 cm³/mol. The maximum absolute atomic E-state index is 2.58. The minimum absolute atomic E-state index is 0.110. The molecule has 0 bridgehead atoms. The summed E-state index contributed by atoms with van der Waals surface area (Å²) in [6, 6.07) is 48.9. The van der Waals surface area contributed by atoms with Crippen LogP contribution in [-0.4, -0.2) is 13.9 Å². The molecule has 0 aromatic heterocycles. The summed E-state index contributed by atoms with van der Waals surface area (Å²) < 4.78 is 0. The first kappa shape index (κ1) is 24.8. The van der Waals surface area contributed by atoms with Gasteiger partial charge < -0.3 is 9.71 Å². The molecule has 0 spiro atoms. The third-order valence-corrected chi connectivity index (χ3v) is 9.16. The number of nitrogens with zero attached hydrogens (tertiary/aromatic N) is 2. The summed E-state index contributed by atoms with van der Waals surface area (Å²) in [6.07, 6.45) is 0. The van der Waals surface area contributed by atoms with Crippen molar-refractivity contribution in [3.8, 4) is 33.4 Å². The van der Waals surface area contributed by atoms with E-state index in [1.54, 1.807) is 0 Å². The van der Waals surface area contributed by atoms with Crippen molar-refractivity contribution in [3.63, 3.8) is 0 Å². The van der Waals surface area contributed by atoms with Gasteiger partial charge in [-0.2, -0.15) is 0 Å². The monoisotopic (exact) mass is 538 g/mol. The SMILES string of the molecule is Cc1ccccc1-c1ccccc1N(C)c1cccc2c1-c1c(C)cccc1B1c3ccccc3-c3ccccc3N12. The Labute approximate surface area is 248 Å². The van der Waals surface area contributed by atoms with Crippen LogP contribution in [0.3, 0.4) is 0 Å². The molecular formula is C39H31BN2. The molecular weight excluding hydrogens is 507 g/mol. The Bertz CT molecular complexity index is 2010. The molecule has 42 heavy (non-hydrogen) atoms. The van der Waals surface area contributed by atoms with Gasteiger partial charge in [-0.3, -0.25) is 0 Å². The summed E-state index contributed by atoms with van der Waals surface area (Å²) in [5, 5.41) is 0. The normalized spacial score (nSPS) is 12.5. The molecule has 6 aromatic rings. The zero-order valence-electron chi connectivity index (χ0n) is 24.2. The van der Waals surface area contributed by atoms with Crippen LogP contribution in [0.4, 0.5) is 22.7 Å². The highest BCUT2D eigenvalue weighted by Gasteiger charge is 2.43. The number of fused-ring (bicyclic) bond motifs is 11. The van der Waals surface area contributed by atoms with Gasteiger partial charge >= 0.3 is 6.85 Å². The summed E-state index contributed by atoms with van der Waals surface area (Å²) >= 11 is 0. The van der Waals surface area contributed by atoms with Crippen LogP contribution in [0.15, 0.2) is 133 Å². The molecule has 2 aliphatic heterocycles. The summed E-state index contributed by atoms with van der Waals surface area (Å²) in [5.74, 6) is 0. The van der Waals surface area contributed by atoms with E-state index in [2.05, 4.69) is 164 Å². The molecule has 8 rings (SSSR count). The molecule has 2 aliphatic rings. The predicted octanol–water partition coefficient (Wildman–Crippen LogP) is 8.64. The molecule has 0 aliphatic carbocycles. The minimum Gasteiger partial charge on any atom is -0.376 e. The van der Waals surface area contributed by atoms with E-state index in [1.807, 2.05) is 0 Å². The van der Waals surface area contributed by atoms with Crippen molar-refractivity contribution in [2.24, 2.45) is 0 Å². The number of rotatable bonds is 3. The van der Waals surface area contributed by atoms with Gasteiger partial charge in [0.05, 0.1) is 5.69 Å². The highest BCUT2D eigenvalue weighted by Crippen LogP contribution is 2.50. The van der Waals surface area contributed by atoms with Crippen LogP contribution in [0, 0.1) is 13.8 Å². The molecule has 0 atom stereocenters. The van der Waals surface area contributed by atoms with Crippen LogP contribution < -0.4 is 20.6 Å². The lowest BCUT2D eigenvalue weighted by Crippen LogP contribution is -2.59. The van der Waals surface area contributed by atoms with Crippen LogP contribution in [0.2, 0.25) is 0 Å². The molecule has 0 radical (unpaired) electrons. The number of anilines is 4. The summed E-state index contributed by atoms with van der Waals surface area (Å²) in [7, 11) is 2.22. The molecule has 2 nitrogen and oxygen atoms in total. The van der Waals surface area contributed by atoms with E-state index in [4.69, 9.17) is 0 Å². The molecule has 0 N–H and O–H groups in total. The Hall–Kier alpha value is -5.02. The molecule has 0 fully saturated rings. The van der Waals surface area contributed by atoms with Gasteiger partial charge in [-0.25, -0.2) is 0 Å². The van der Waals surface area contributed by atoms with Gasteiger partial charge in [0.2, 0.25) is 0 Å². The highest BCUT2D eigenvalue weighted by atomic mass is 15.1. The van der Waals surface area contributed by atoms with Gasteiger partial charge in [-0.05, 0) is 76.9 Å². The van der Waals surface area contributed by atoms with Crippen LogP contribution in [0.5, 0.6) is 0 Å². The molecule has 0 saturated carbocycles. The number of aryl methyl sites for hydroxylation is 2. The van der Waals surface area contributed by atoms with E-state index in [-0.39, 0.29) is 6.85 Å². The van der Waals surface area contributed by atoms with E-state index < -0.39 is 0 Å². The molecule has 6 aromatic carbocycles. The Kier molecular flexibility index (Phi) is 5.62. The van der Waals surface area contributed by atoms with E-state index in [0.717, 1.165) is 0 Å². The standard InChI is InChI=1S/C39H31BN2/c1-26-14-4-5-16-28(26)30-18-7-10-22-34(30)41(3)36-24-13-25-37-39(36)38-27(2)15-12-21-33(38)40-32-20-9-6-17-29(32)31-19-8-11-23-35(31)42(37)40/h4-25H,1-3H3. The second-order valence-corrected chi connectivity index (χ2v) is 11.5. The van der Waals surface area contributed by atoms with Crippen molar-refractivity contribution >= 4 is 40.5 Å². The molecule has 2 heterocycles. The zero-order valence-corrected chi connectivity index (χ0v) is 24.2. The minimum atomic E-state index is 0.110. The topological polar surface area (TPSA) is 6.48 Å². The fourth-order valence-corrected chi connectivity index (χ4v) is 7.27. The van der Waals surface area contributed by atoms with E-state index >= 15 is 0 Å². The Morgan fingerprint density at radius 2 is 1.02 bits per heavy atom. The Morgan fingerprint density at radius 3 is 1.86 bits per heavy atom. The summed E-state index contributed by atoms with van der Waals surface area (Å²) in [5.41, 5.74) is 18.0. The second kappa shape index (κ2) is 9.53. The average Bonchev–Trinajstić information content (AvgIpc) is 3.04. The number of para-hydroxylation sites is 2. The number of hydrogen-bond donors (Lipinski definition) is 0. The largest absolute Gasteiger partial charge is 0.376 e. The lowest BCUT2D eigenvalue weighted by atomic mass is 9.43. The average molecular weight is 539 g/mol. The fourth-order valence-electron chi connectivity index (χ4n) is 7.27. The van der Waals surface area contributed by atoms with Crippen molar-refractivity contribution in [2.75, 3.05) is 16.8 Å². The van der Waals surface area contributed by atoms with E-state index in [1.165, 1.54) is 78.2 Å². The van der Waals surface area contributed by atoms with Crippen LogP contribution in [0.25, 0.3) is 33.4 Å². The third-order valence-electron chi connectivity index (χ3n) is 9.16. The van der Waals surface area contributed by atoms with Crippen LogP contribution in [0.1, 0.15) is 11.1 Å². The first-order chi connectivity index (χ1) is 20.6. The van der Waals surface area contributed by atoms with Crippen molar-refractivity contribution in [3.05, 3.63) is 145 Å².